The van der Waals surface area contributed by atoms with Crippen molar-refractivity contribution in [2.45, 2.75) is 0 Å². The smallest absolute Gasteiger partial charge is 0.264 e. The van der Waals surface area contributed by atoms with Crippen LogP contribution in [-0.4, -0.2) is 24.3 Å². The fourth-order valence-electron chi connectivity index (χ4n) is 7.78. The molecule has 0 atom stereocenters. The molecule has 0 radical (unpaired) electrons. The Balaban J connectivity index is 1.17. The van der Waals surface area contributed by atoms with E-state index < -0.39 is 0 Å². The van der Waals surface area contributed by atoms with Crippen LogP contribution in [0.4, 0.5) is 0 Å². The van der Waals surface area contributed by atoms with E-state index in [2.05, 4.69) is 18.2 Å². The van der Waals surface area contributed by atoms with Gasteiger partial charge in [-0.2, -0.15) is 0 Å². The van der Waals surface area contributed by atoms with Gasteiger partial charge in [0, 0.05) is 43.8 Å². The Hall–Kier alpha value is -7.51. The Bertz CT molecular complexity index is 3230. The number of hydrogen-bond acceptors (Lipinski definition) is 6. The Morgan fingerprint density at radius 1 is 0.426 bits per heavy atom. The first-order chi connectivity index (χ1) is 26.7. The summed E-state index contributed by atoms with van der Waals surface area (Å²) in [5, 5.41) is 4.36. The molecule has 0 unspecified atom stereocenters. The first kappa shape index (κ1) is 30.1. The van der Waals surface area contributed by atoms with Gasteiger partial charge in [0.15, 0.2) is 17.5 Å². The molecule has 252 valence electrons. The fraction of sp³-hybridized carbons (Fsp3) is 0. The van der Waals surface area contributed by atoms with Crippen LogP contribution in [0.5, 0.6) is 0 Å². The van der Waals surface area contributed by atoms with Crippen molar-refractivity contribution in [3.05, 3.63) is 174 Å². The molecule has 7 heteroatoms. The first-order valence-electron chi connectivity index (χ1n) is 17.8. The van der Waals surface area contributed by atoms with E-state index in [1.54, 1.807) is 4.40 Å². The molecular weight excluding hydrogens is 667 g/mol. The number of rotatable bonds is 5. The summed E-state index contributed by atoms with van der Waals surface area (Å²) in [5.74, 6) is 2.38. The van der Waals surface area contributed by atoms with Crippen LogP contribution in [0.2, 0.25) is 0 Å². The average Bonchev–Trinajstić information content (AvgIpc) is 3.83. The molecule has 0 N–H and O–H groups in total. The summed E-state index contributed by atoms with van der Waals surface area (Å²) in [5.41, 5.74) is 8.51. The van der Waals surface area contributed by atoms with Crippen molar-refractivity contribution in [1.82, 2.24) is 24.3 Å². The van der Waals surface area contributed by atoms with Gasteiger partial charge in [-0.05, 0) is 46.8 Å². The van der Waals surface area contributed by atoms with Crippen LogP contribution < -0.4 is 5.56 Å². The highest BCUT2D eigenvalue weighted by atomic mass is 16.3. The van der Waals surface area contributed by atoms with Crippen molar-refractivity contribution in [3.8, 4) is 56.7 Å². The van der Waals surface area contributed by atoms with Gasteiger partial charge in [-0.25, -0.2) is 19.9 Å². The van der Waals surface area contributed by atoms with Crippen LogP contribution in [0.25, 0.3) is 106 Å². The van der Waals surface area contributed by atoms with Crippen LogP contribution in [0, 0.1) is 0 Å². The highest BCUT2D eigenvalue weighted by Crippen LogP contribution is 2.42. The molecular formula is C47H27N5O2. The highest BCUT2D eigenvalue weighted by Gasteiger charge is 2.23. The van der Waals surface area contributed by atoms with E-state index in [9.17, 15) is 4.79 Å². The zero-order chi connectivity index (χ0) is 35.8. The van der Waals surface area contributed by atoms with Gasteiger partial charge in [0.2, 0.25) is 0 Å². The monoisotopic (exact) mass is 693 g/mol. The third kappa shape index (κ3) is 4.58. The highest BCUT2D eigenvalue weighted by molar-refractivity contribution is 6.19. The fourth-order valence-corrected chi connectivity index (χ4v) is 7.78. The Morgan fingerprint density at radius 3 is 1.76 bits per heavy atom. The SMILES string of the molecule is O=c1c2ccccc2c2c(-c3ccc4oc5cccc(-c6nc(-c7ccccc7)nc(-c7ccccc7)n6)c5c4c3)ccc3nc(-c4ccccc4)n1c32. The molecule has 54 heavy (non-hydrogen) atoms. The third-order valence-electron chi connectivity index (χ3n) is 10.2. The Labute approximate surface area is 307 Å². The topological polar surface area (TPSA) is 86.2 Å². The van der Waals surface area contributed by atoms with Gasteiger partial charge in [0.05, 0.1) is 11.0 Å². The number of hydrogen-bond donors (Lipinski definition) is 0. The van der Waals surface area contributed by atoms with Gasteiger partial charge >= 0.3 is 0 Å². The number of imidazole rings is 1. The summed E-state index contributed by atoms with van der Waals surface area (Å²) in [6.07, 6.45) is 0. The maximum Gasteiger partial charge on any atom is 0.264 e. The third-order valence-corrected chi connectivity index (χ3v) is 10.2. The molecule has 7 aromatic carbocycles. The second-order valence-electron chi connectivity index (χ2n) is 13.4. The molecule has 0 fully saturated rings. The maximum atomic E-state index is 14.2. The normalized spacial score (nSPS) is 11.8. The largest absolute Gasteiger partial charge is 0.456 e. The van der Waals surface area contributed by atoms with Gasteiger partial charge < -0.3 is 4.42 Å². The second kappa shape index (κ2) is 11.8. The van der Waals surface area contributed by atoms with E-state index in [1.807, 2.05) is 146 Å². The van der Waals surface area contributed by atoms with Gasteiger partial charge in [-0.3, -0.25) is 9.20 Å². The van der Waals surface area contributed by atoms with Crippen LogP contribution >= 0.6 is 0 Å². The summed E-state index contributed by atoms with van der Waals surface area (Å²) in [4.78, 5) is 34.2. The molecule has 4 heterocycles. The summed E-state index contributed by atoms with van der Waals surface area (Å²) in [6, 6.07) is 54.1. The second-order valence-corrected chi connectivity index (χ2v) is 13.4. The van der Waals surface area contributed by atoms with Crippen molar-refractivity contribution >= 4 is 49.1 Å². The minimum atomic E-state index is -0.0837. The molecule has 0 amide bonds. The molecule has 0 saturated carbocycles. The summed E-state index contributed by atoms with van der Waals surface area (Å²) < 4.78 is 8.27. The zero-order valence-electron chi connectivity index (χ0n) is 28.6. The lowest BCUT2D eigenvalue weighted by Gasteiger charge is -2.12. The van der Waals surface area contributed by atoms with Crippen molar-refractivity contribution in [2.75, 3.05) is 0 Å². The maximum absolute atomic E-state index is 14.2. The van der Waals surface area contributed by atoms with Crippen LogP contribution in [0.1, 0.15) is 0 Å². The number of nitrogens with zero attached hydrogens (tertiary/aromatic N) is 5. The molecule has 0 aliphatic carbocycles. The molecule has 0 aliphatic heterocycles. The van der Waals surface area contributed by atoms with Crippen molar-refractivity contribution in [2.24, 2.45) is 0 Å². The number of aromatic nitrogens is 5. The molecule has 0 aliphatic rings. The van der Waals surface area contributed by atoms with Crippen molar-refractivity contribution in [3.63, 3.8) is 0 Å². The predicted molar refractivity (Wildman–Crippen MR) is 216 cm³/mol. The van der Waals surface area contributed by atoms with E-state index in [1.165, 1.54) is 0 Å². The lowest BCUT2D eigenvalue weighted by molar-refractivity contribution is 0.669. The van der Waals surface area contributed by atoms with E-state index in [0.29, 0.717) is 28.7 Å². The Morgan fingerprint density at radius 2 is 1.06 bits per heavy atom. The number of pyridine rings is 1. The standard InChI is InChI=1S/C47H27N5O2/c53-47-34-20-11-10-19-33(34)41-32(24-25-37-42(41)52(47)46(48-37)30-17-8-3-9-18-30)31-23-26-38-36(27-31)40-35(21-12-22-39(40)54-38)45-50-43(28-13-4-1-5-14-28)49-44(51-45)29-15-6-2-7-16-29/h1-27H. The zero-order valence-corrected chi connectivity index (χ0v) is 28.6. The Kier molecular flexibility index (Phi) is 6.57. The minimum absolute atomic E-state index is 0.0837. The van der Waals surface area contributed by atoms with Crippen LogP contribution in [0.3, 0.4) is 0 Å². The van der Waals surface area contributed by atoms with Gasteiger partial charge in [0.25, 0.3) is 5.56 Å². The van der Waals surface area contributed by atoms with Gasteiger partial charge in [-0.1, -0.05) is 133 Å². The molecule has 0 saturated heterocycles. The molecule has 11 aromatic rings. The lowest BCUT2D eigenvalue weighted by atomic mass is 9.94. The predicted octanol–water partition coefficient (Wildman–Crippen LogP) is 10.9. The van der Waals surface area contributed by atoms with Crippen LogP contribution in [-0.2, 0) is 0 Å². The van der Waals surface area contributed by atoms with E-state index in [0.717, 1.165) is 77.1 Å². The molecule has 0 spiro atoms. The molecule has 0 bridgehead atoms. The molecule has 7 nitrogen and oxygen atoms in total. The molecule has 4 aromatic heterocycles. The van der Waals surface area contributed by atoms with Crippen LogP contribution in [0.15, 0.2) is 173 Å². The number of benzene rings is 7. The van der Waals surface area contributed by atoms with Crippen molar-refractivity contribution < 1.29 is 4.42 Å². The van der Waals surface area contributed by atoms with E-state index >= 15 is 0 Å². The minimum Gasteiger partial charge on any atom is -0.456 e. The van der Waals surface area contributed by atoms with E-state index in [-0.39, 0.29) is 5.56 Å². The van der Waals surface area contributed by atoms with Gasteiger partial charge in [0.1, 0.15) is 17.0 Å². The number of fused-ring (bicyclic) bond motifs is 5. The number of furan rings is 1. The quantitative estimate of drug-likeness (QED) is 0.167. The molecule has 11 rings (SSSR count). The lowest BCUT2D eigenvalue weighted by Crippen LogP contribution is -2.14. The summed E-state index contributed by atoms with van der Waals surface area (Å²) in [7, 11) is 0. The van der Waals surface area contributed by atoms with Crippen molar-refractivity contribution in [1.29, 1.82) is 0 Å². The average molecular weight is 694 g/mol. The van der Waals surface area contributed by atoms with E-state index in [4.69, 9.17) is 24.4 Å². The summed E-state index contributed by atoms with van der Waals surface area (Å²) in [6.45, 7) is 0. The van der Waals surface area contributed by atoms with Gasteiger partial charge in [-0.15, -0.1) is 0 Å². The first-order valence-corrected chi connectivity index (χ1v) is 17.8. The summed E-state index contributed by atoms with van der Waals surface area (Å²) >= 11 is 0.